The first-order valence-corrected chi connectivity index (χ1v) is 5.63. The number of allylic oxidation sites excluding steroid dienone is 3. The van der Waals surface area contributed by atoms with Crippen LogP contribution in [0.1, 0.15) is 27.2 Å². The van der Waals surface area contributed by atoms with Crippen LogP contribution in [-0.2, 0) is 0 Å². The van der Waals surface area contributed by atoms with Gasteiger partial charge in [0.15, 0.2) is 0 Å². The number of hydrogen-bond donors (Lipinski definition) is 3. The predicted molar refractivity (Wildman–Crippen MR) is 68.3 cm³/mol. The second-order valence-electron chi connectivity index (χ2n) is 3.72. The van der Waals surface area contributed by atoms with Crippen LogP contribution in [0.15, 0.2) is 23.4 Å². The van der Waals surface area contributed by atoms with Crippen LogP contribution in [-0.4, -0.2) is 26.2 Å². The smallest absolute Gasteiger partial charge is 0.315 e. The first-order valence-electron chi connectivity index (χ1n) is 5.63. The summed E-state index contributed by atoms with van der Waals surface area (Å²) in [4.78, 5) is 11.2. The number of hydrogen-bond acceptors (Lipinski definition) is 2. The minimum Gasteiger partial charge on any atom is -0.392 e. The Morgan fingerprint density at radius 3 is 2.44 bits per heavy atom. The quantitative estimate of drug-likeness (QED) is 0.603. The maximum atomic E-state index is 11.2. The zero-order valence-electron chi connectivity index (χ0n) is 10.7. The van der Waals surface area contributed by atoms with Crippen LogP contribution < -0.4 is 16.0 Å². The molecule has 0 saturated carbocycles. The highest BCUT2D eigenvalue weighted by Crippen LogP contribution is 1.93. The number of nitrogens with one attached hydrogen (secondary N) is 3. The van der Waals surface area contributed by atoms with Crippen molar-refractivity contribution in [1.29, 1.82) is 0 Å². The molecule has 4 nitrogen and oxygen atoms in total. The highest BCUT2D eigenvalue weighted by atomic mass is 16.2. The van der Waals surface area contributed by atoms with Crippen LogP contribution in [0.5, 0.6) is 0 Å². The van der Waals surface area contributed by atoms with Gasteiger partial charge in [-0.2, -0.15) is 0 Å². The summed E-state index contributed by atoms with van der Waals surface area (Å²) >= 11 is 0. The first kappa shape index (κ1) is 14.6. The van der Waals surface area contributed by atoms with Crippen LogP contribution in [0.25, 0.3) is 0 Å². The van der Waals surface area contributed by atoms with Gasteiger partial charge in [-0.1, -0.05) is 18.6 Å². The lowest BCUT2D eigenvalue weighted by Gasteiger charge is -2.06. The Bertz CT molecular complexity index is 269. The molecule has 0 aliphatic heterocycles. The molecule has 0 aromatic carbocycles. The summed E-state index contributed by atoms with van der Waals surface area (Å²) in [5.41, 5.74) is 2.20. The molecule has 0 aliphatic carbocycles. The molecule has 0 saturated heterocycles. The summed E-state index contributed by atoms with van der Waals surface area (Å²) in [7, 11) is 1.88. The molecule has 0 heterocycles. The standard InChI is InChI=1S/C12H23N3O/c1-5-8-14-12(16)15-9-10(2)6-7-11(3)13-4/h6-7,13H,5,8-9H2,1-4H3,(H2,14,15,16)/b10-6+,11-7-. The molecule has 2 amide bonds. The van der Waals surface area contributed by atoms with Crippen LogP contribution in [0.2, 0.25) is 0 Å². The van der Waals surface area contributed by atoms with Gasteiger partial charge in [0.1, 0.15) is 0 Å². The fraction of sp³-hybridized carbons (Fsp3) is 0.583. The van der Waals surface area contributed by atoms with Crippen molar-refractivity contribution in [3.63, 3.8) is 0 Å². The normalized spacial score (nSPS) is 12.2. The van der Waals surface area contributed by atoms with E-state index >= 15 is 0 Å². The van der Waals surface area contributed by atoms with E-state index in [0.29, 0.717) is 13.1 Å². The summed E-state index contributed by atoms with van der Waals surface area (Å²) in [5.74, 6) is 0. The molecule has 0 spiro atoms. The summed E-state index contributed by atoms with van der Waals surface area (Å²) < 4.78 is 0. The van der Waals surface area contributed by atoms with Gasteiger partial charge in [-0.05, 0) is 26.3 Å². The number of carbonyl (C=O) groups is 1. The van der Waals surface area contributed by atoms with Crippen molar-refractivity contribution in [3.8, 4) is 0 Å². The molecular formula is C12H23N3O. The van der Waals surface area contributed by atoms with Crippen molar-refractivity contribution in [2.75, 3.05) is 20.1 Å². The van der Waals surface area contributed by atoms with Crippen LogP contribution in [0.3, 0.4) is 0 Å². The molecule has 16 heavy (non-hydrogen) atoms. The average molecular weight is 225 g/mol. The third-order valence-electron chi connectivity index (χ3n) is 2.08. The molecule has 0 atom stereocenters. The van der Waals surface area contributed by atoms with Crippen molar-refractivity contribution in [2.45, 2.75) is 27.2 Å². The number of rotatable bonds is 6. The molecule has 0 fully saturated rings. The van der Waals surface area contributed by atoms with Crippen molar-refractivity contribution in [2.24, 2.45) is 0 Å². The third-order valence-corrected chi connectivity index (χ3v) is 2.08. The first-order chi connectivity index (χ1) is 7.60. The summed E-state index contributed by atoms with van der Waals surface area (Å²) in [6.07, 6.45) is 4.93. The molecule has 0 bridgehead atoms. The van der Waals surface area contributed by atoms with Crippen molar-refractivity contribution in [3.05, 3.63) is 23.4 Å². The van der Waals surface area contributed by atoms with Gasteiger partial charge in [-0.25, -0.2) is 4.79 Å². The molecule has 0 radical (unpaired) electrons. The van der Waals surface area contributed by atoms with Gasteiger partial charge in [0, 0.05) is 25.8 Å². The van der Waals surface area contributed by atoms with E-state index < -0.39 is 0 Å². The molecule has 0 unspecified atom stereocenters. The highest BCUT2D eigenvalue weighted by molar-refractivity contribution is 5.74. The number of carbonyl (C=O) groups excluding carboxylic acids is 1. The van der Waals surface area contributed by atoms with Gasteiger partial charge >= 0.3 is 6.03 Å². The maximum absolute atomic E-state index is 11.2. The summed E-state index contributed by atoms with van der Waals surface area (Å²) in [5, 5.41) is 8.58. The largest absolute Gasteiger partial charge is 0.392 e. The lowest BCUT2D eigenvalue weighted by atomic mass is 10.2. The fourth-order valence-corrected chi connectivity index (χ4v) is 0.930. The van der Waals surface area contributed by atoms with E-state index in [1.807, 2.05) is 40.0 Å². The Kier molecular flexibility index (Phi) is 8.03. The Hall–Kier alpha value is -1.45. The van der Waals surface area contributed by atoms with Gasteiger partial charge in [0.2, 0.25) is 0 Å². The predicted octanol–water partition coefficient (Wildman–Crippen LogP) is 1.77. The Labute approximate surface area is 98.2 Å². The highest BCUT2D eigenvalue weighted by Gasteiger charge is 1.97. The fourth-order valence-electron chi connectivity index (χ4n) is 0.930. The molecule has 0 aromatic rings. The van der Waals surface area contributed by atoms with E-state index in [-0.39, 0.29) is 6.03 Å². The minimum atomic E-state index is -0.107. The monoisotopic (exact) mass is 225 g/mol. The molecule has 0 aromatic heterocycles. The lowest BCUT2D eigenvalue weighted by molar-refractivity contribution is 0.241. The van der Waals surface area contributed by atoms with Gasteiger partial charge in [0.25, 0.3) is 0 Å². The zero-order valence-corrected chi connectivity index (χ0v) is 10.7. The third kappa shape index (κ3) is 7.91. The van der Waals surface area contributed by atoms with E-state index in [1.165, 1.54) is 0 Å². The summed E-state index contributed by atoms with van der Waals surface area (Å²) in [6, 6.07) is -0.107. The van der Waals surface area contributed by atoms with Crippen molar-refractivity contribution in [1.82, 2.24) is 16.0 Å². The number of urea groups is 1. The summed E-state index contributed by atoms with van der Waals surface area (Å²) in [6.45, 7) is 7.29. The Morgan fingerprint density at radius 1 is 1.19 bits per heavy atom. The van der Waals surface area contributed by atoms with E-state index in [0.717, 1.165) is 17.7 Å². The van der Waals surface area contributed by atoms with Gasteiger partial charge in [0.05, 0.1) is 0 Å². The average Bonchev–Trinajstić information content (AvgIpc) is 2.30. The SMILES string of the molecule is CCCNC(=O)NC/C(C)=C/C=C(/C)NC. The maximum Gasteiger partial charge on any atom is 0.315 e. The molecule has 3 N–H and O–H groups in total. The van der Waals surface area contributed by atoms with Gasteiger partial charge in [-0.3, -0.25) is 0 Å². The zero-order chi connectivity index (χ0) is 12.4. The second-order valence-corrected chi connectivity index (χ2v) is 3.72. The molecule has 0 aliphatic rings. The van der Waals surface area contributed by atoms with E-state index in [2.05, 4.69) is 16.0 Å². The Morgan fingerprint density at radius 2 is 1.88 bits per heavy atom. The van der Waals surface area contributed by atoms with Crippen LogP contribution in [0, 0.1) is 0 Å². The van der Waals surface area contributed by atoms with Gasteiger partial charge < -0.3 is 16.0 Å². The lowest BCUT2D eigenvalue weighted by Crippen LogP contribution is -2.36. The van der Waals surface area contributed by atoms with Crippen LogP contribution >= 0.6 is 0 Å². The van der Waals surface area contributed by atoms with Crippen LogP contribution in [0.4, 0.5) is 4.79 Å². The van der Waals surface area contributed by atoms with Gasteiger partial charge in [-0.15, -0.1) is 0 Å². The van der Waals surface area contributed by atoms with E-state index in [4.69, 9.17) is 0 Å². The number of amides is 2. The van der Waals surface area contributed by atoms with Crippen molar-refractivity contribution >= 4 is 6.03 Å². The van der Waals surface area contributed by atoms with E-state index in [9.17, 15) is 4.79 Å². The van der Waals surface area contributed by atoms with E-state index in [1.54, 1.807) is 0 Å². The molecular weight excluding hydrogens is 202 g/mol. The second kappa shape index (κ2) is 8.83. The topological polar surface area (TPSA) is 53.2 Å². The molecule has 0 rings (SSSR count). The Balaban J connectivity index is 3.88. The molecule has 4 heteroatoms. The van der Waals surface area contributed by atoms with Crippen molar-refractivity contribution < 1.29 is 4.79 Å². The molecule has 92 valence electrons. The minimum absolute atomic E-state index is 0.107.